The first-order chi connectivity index (χ1) is 13.0. The van der Waals surface area contributed by atoms with Crippen LogP contribution in [0.25, 0.3) is 16.6 Å². The Hall–Kier alpha value is -1.95. The maximum atomic E-state index is 14.5. The van der Waals surface area contributed by atoms with E-state index in [1.165, 1.54) is 23.1 Å². The minimum Gasteiger partial charge on any atom is -0.296 e. The van der Waals surface area contributed by atoms with Crippen molar-refractivity contribution in [1.29, 1.82) is 0 Å². The molecule has 0 unspecified atom stereocenters. The Morgan fingerprint density at radius 2 is 1.81 bits per heavy atom. The van der Waals surface area contributed by atoms with Gasteiger partial charge in [-0.15, -0.1) is 0 Å². The van der Waals surface area contributed by atoms with E-state index >= 15 is 0 Å². The van der Waals surface area contributed by atoms with Crippen molar-refractivity contribution in [3.8, 4) is 5.69 Å². The number of para-hydroxylation sites is 1. The molecule has 0 amide bonds. The molecular formula is C20H18Cl2FN3O. The van der Waals surface area contributed by atoms with Gasteiger partial charge in [-0.3, -0.25) is 14.3 Å². The molecule has 0 atom stereocenters. The third kappa shape index (κ3) is 3.59. The fraction of sp³-hybridized carbons (Fsp3) is 0.300. The lowest BCUT2D eigenvalue weighted by molar-refractivity contribution is 0.214. The Bertz CT molecular complexity index is 1060. The Morgan fingerprint density at radius 1 is 1.07 bits per heavy atom. The molecule has 0 radical (unpaired) electrons. The van der Waals surface area contributed by atoms with E-state index in [0.29, 0.717) is 27.9 Å². The monoisotopic (exact) mass is 405 g/mol. The van der Waals surface area contributed by atoms with Gasteiger partial charge in [0, 0.05) is 5.02 Å². The number of hydrogen-bond donors (Lipinski definition) is 0. The van der Waals surface area contributed by atoms with E-state index in [1.807, 2.05) is 0 Å². The van der Waals surface area contributed by atoms with Gasteiger partial charge in [0.15, 0.2) is 0 Å². The van der Waals surface area contributed by atoms with Crippen molar-refractivity contribution in [2.24, 2.45) is 0 Å². The van der Waals surface area contributed by atoms with Crippen molar-refractivity contribution < 1.29 is 4.39 Å². The quantitative estimate of drug-likeness (QED) is 0.626. The van der Waals surface area contributed by atoms with Crippen LogP contribution >= 0.6 is 23.2 Å². The van der Waals surface area contributed by atoms with Crippen LogP contribution in [0, 0.1) is 5.82 Å². The van der Waals surface area contributed by atoms with Gasteiger partial charge in [0.25, 0.3) is 5.56 Å². The van der Waals surface area contributed by atoms with Gasteiger partial charge in [0.1, 0.15) is 11.6 Å². The molecule has 2 heterocycles. The molecule has 0 N–H and O–H groups in total. The summed E-state index contributed by atoms with van der Waals surface area (Å²) in [6, 6.07) is 9.30. The van der Waals surface area contributed by atoms with Gasteiger partial charge < -0.3 is 0 Å². The molecule has 2 aromatic carbocycles. The number of rotatable bonds is 3. The lowest BCUT2D eigenvalue weighted by Gasteiger charge is -2.27. The third-order valence-electron chi connectivity index (χ3n) is 4.87. The zero-order chi connectivity index (χ0) is 19.0. The maximum absolute atomic E-state index is 14.5. The van der Waals surface area contributed by atoms with Gasteiger partial charge in [-0.2, -0.15) is 0 Å². The third-order valence-corrected chi connectivity index (χ3v) is 5.37. The Labute approximate surface area is 166 Å². The average Bonchev–Trinajstić information content (AvgIpc) is 2.65. The van der Waals surface area contributed by atoms with Gasteiger partial charge in [-0.05, 0) is 50.2 Å². The molecule has 7 heteroatoms. The summed E-state index contributed by atoms with van der Waals surface area (Å²) in [4.78, 5) is 20.2. The Morgan fingerprint density at radius 3 is 2.56 bits per heavy atom. The molecule has 3 aromatic rings. The van der Waals surface area contributed by atoms with Crippen molar-refractivity contribution in [2.75, 3.05) is 13.1 Å². The summed E-state index contributed by atoms with van der Waals surface area (Å²) in [5.41, 5.74) is 0.201. The number of nitrogens with zero attached hydrogens (tertiary/aromatic N) is 3. The second-order valence-electron chi connectivity index (χ2n) is 6.74. The molecule has 27 heavy (non-hydrogen) atoms. The molecule has 1 fully saturated rings. The van der Waals surface area contributed by atoms with E-state index in [0.717, 1.165) is 25.9 Å². The van der Waals surface area contributed by atoms with E-state index in [1.54, 1.807) is 24.3 Å². The zero-order valence-electron chi connectivity index (χ0n) is 14.6. The van der Waals surface area contributed by atoms with Crippen LogP contribution in [0.2, 0.25) is 10.0 Å². The molecule has 1 saturated heterocycles. The summed E-state index contributed by atoms with van der Waals surface area (Å²) in [6.07, 6.45) is 3.41. The number of benzene rings is 2. The van der Waals surface area contributed by atoms with E-state index in [2.05, 4.69) is 9.88 Å². The summed E-state index contributed by atoms with van der Waals surface area (Å²) in [6.45, 7) is 2.32. The molecule has 4 nitrogen and oxygen atoms in total. The lowest BCUT2D eigenvalue weighted by atomic mass is 10.1. The van der Waals surface area contributed by atoms with Crippen molar-refractivity contribution in [3.05, 3.63) is 68.4 Å². The van der Waals surface area contributed by atoms with Crippen LogP contribution in [-0.4, -0.2) is 27.5 Å². The topological polar surface area (TPSA) is 38.1 Å². The fourth-order valence-electron chi connectivity index (χ4n) is 3.56. The summed E-state index contributed by atoms with van der Waals surface area (Å²) in [5.74, 6) is -0.00232. The van der Waals surface area contributed by atoms with Crippen molar-refractivity contribution >= 4 is 34.1 Å². The first-order valence-electron chi connectivity index (χ1n) is 8.92. The summed E-state index contributed by atoms with van der Waals surface area (Å²) in [5, 5.41) is 0.934. The van der Waals surface area contributed by atoms with Crippen LogP contribution in [0.15, 0.2) is 41.2 Å². The normalized spacial score (nSPS) is 15.4. The molecule has 1 aromatic heterocycles. The molecule has 1 aliphatic heterocycles. The number of likely N-dealkylation sites (tertiary alicyclic amines) is 1. The predicted octanol–water partition coefficient (Wildman–Crippen LogP) is 4.82. The van der Waals surface area contributed by atoms with Crippen LogP contribution in [0.5, 0.6) is 0 Å². The van der Waals surface area contributed by atoms with E-state index in [-0.39, 0.29) is 16.6 Å². The first kappa shape index (κ1) is 18.4. The standard InChI is InChI=1S/C20H18Cl2FN3O/c21-13-10-14-19(15(22)11-13)24-18(12-25-8-4-1-5-9-25)26(20(14)27)17-7-3-2-6-16(17)23/h2-3,6-7,10-11H,1,4-5,8-9,12H2. The first-order valence-corrected chi connectivity index (χ1v) is 9.68. The van der Waals surface area contributed by atoms with Crippen molar-refractivity contribution in [3.63, 3.8) is 0 Å². The summed E-state index contributed by atoms with van der Waals surface area (Å²) in [7, 11) is 0. The fourth-order valence-corrected chi connectivity index (χ4v) is 4.10. The molecule has 140 valence electrons. The maximum Gasteiger partial charge on any atom is 0.266 e. The van der Waals surface area contributed by atoms with Crippen LogP contribution in [0.3, 0.4) is 0 Å². The number of halogens is 3. The van der Waals surface area contributed by atoms with Crippen LogP contribution in [-0.2, 0) is 6.54 Å². The zero-order valence-corrected chi connectivity index (χ0v) is 16.1. The van der Waals surface area contributed by atoms with Crippen molar-refractivity contribution in [2.45, 2.75) is 25.8 Å². The summed E-state index contributed by atoms with van der Waals surface area (Å²) < 4.78 is 15.9. The van der Waals surface area contributed by atoms with E-state index in [4.69, 9.17) is 23.2 Å². The molecule has 0 bridgehead atoms. The van der Waals surface area contributed by atoms with Crippen molar-refractivity contribution in [1.82, 2.24) is 14.5 Å². The Kier molecular flexibility index (Phi) is 5.17. The minimum atomic E-state index is -0.478. The predicted molar refractivity (Wildman–Crippen MR) is 106 cm³/mol. The van der Waals surface area contributed by atoms with Gasteiger partial charge >= 0.3 is 0 Å². The molecule has 1 aliphatic rings. The SMILES string of the molecule is O=c1c2cc(Cl)cc(Cl)c2nc(CN2CCCCC2)n1-c1ccccc1F. The number of hydrogen-bond acceptors (Lipinski definition) is 3. The number of fused-ring (bicyclic) bond motifs is 1. The highest BCUT2D eigenvalue weighted by atomic mass is 35.5. The van der Waals surface area contributed by atoms with E-state index in [9.17, 15) is 9.18 Å². The second-order valence-corrected chi connectivity index (χ2v) is 7.58. The van der Waals surface area contributed by atoms with Gasteiger partial charge in [-0.1, -0.05) is 41.8 Å². The highest BCUT2D eigenvalue weighted by Gasteiger charge is 2.20. The molecule has 4 rings (SSSR count). The minimum absolute atomic E-state index is 0.181. The number of piperidine rings is 1. The van der Waals surface area contributed by atoms with E-state index < -0.39 is 5.82 Å². The largest absolute Gasteiger partial charge is 0.296 e. The molecule has 0 aliphatic carbocycles. The van der Waals surface area contributed by atoms with Gasteiger partial charge in [0.05, 0.1) is 28.2 Å². The van der Waals surface area contributed by atoms with Gasteiger partial charge in [0.2, 0.25) is 0 Å². The average molecular weight is 406 g/mol. The summed E-state index contributed by atoms with van der Waals surface area (Å²) >= 11 is 12.4. The molecule has 0 spiro atoms. The van der Waals surface area contributed by atoms with Gasteiger partial charge in [-0.25, -0.2) is 9.37 Å². The number of aromatic nitrogens is 2. The Balaban J connectivity index is 1.97. The lowest BCUT2D eigenvalue weighted by Crippen LogP contribution is -2.33. The smallest absolute Gasteiger partial charge is 0.266 e. The van der Waals surface area contributed by atoms with Crippen LogP contribution in [0.1, 0.15) is 25.1 Å². The van der Waals surface area contributed by atoms with Crippen LogP contribution in [0.4, 0.5) is 4.39 Å². The molecule has 0 saturated carbocycles. The highest BCUT2D eigenvalue weighted by molar-refractivity contribution is 6.38. The van der Waals surface area contributed by atoms with Crippen LogP contribution < -0.4 is 5.56 Å². The highest BCUT2D eigenvalue weighted by Crippen LogP contribution is 2.26. The molecular weight excluding hydrogens is 388 g/mol. The second kappa shape index (κ2) is 7.58.